The largest absolute Gasteiger partial charge is 0.417 e. The number of anilines is 1. The Balaban J connectivity index is 2.03. The summed E-state index contributed by atoms with van der Waals surface area (Å²) in [5.41, 5.74) is 7.02. The Morgan fingerprint density at radius 2 is 1.77 bits per heavy atom. The molecule has 124 valence electrons. The van der Waals surface area contributed by atoms with Crippen LogP contribution in [0.3, 0.4) is 0 Å². The van der Waals surface area contributed by atoms with Gasteiger partial charge in [-0.2, -0.15) is 13.2 Å². The van der Waals surface area contributed by atoms with Crippen molar-refractivity contribution < 1.29 is 21.6 Å². The number of halogens is 3. The smallest absolute Gasteiger partial charge is 0.292 e. The van der Waals surface area contributed by atoms with Crippen LogP contribution >= 0.6 is 0 Å². The second-order valence-corrected chi connectivity index (χ2v) is 6.87. The fourth-order valence-corrected chi connectivity index (χ4v) is 3.82. The fraction of sp³-hybridized carbons (Fsp3) is 0.545. The minimum Gasteiger partial charge on any atom is -0.292 e. The van der Waals surface area contributed by atoms with E-state index < -0.39 is 27.0 Å². The van der Waals surface area contributed by atoms with Crippen LogP contribution in [0.2, 0.25) is 0 Å². The van der Waals surface area contributed by atoms with Crippen molar-refractivity contribution in [2.45, 2.75) is 37.4 Å². The van der Waals surface area contributed by atoms with E-state index in [9.17, 15) is 21.6 Å². The van der Waals surface area contributed by atoms with Crippen molar-refractivity contribution in [1.82, 2.24) is 20.7 Å². The van der Waals surface area contributed by atoms with Gasteiger partial charge in [-0.25, -0.2) is 13.4 Å². The Bertz CT molecular complexity index is 610. The number of nitrogens with zero attached hydrogens (tertiary/aromatic N) is 1. The maximum atomic E-state index is 12.4. The molecule has 0 aliphatic carbocycles. The van der Waals surface area contributed by atoms with Gasteiger partial charge in [0.1, 0.15) is 11.1 Å². The molecule has 0 bridgehead atoms. The van der Waals surface area contributed by atoms with Crippen LogP contribution in [-0.2, 0) is 16.2 Å². The maximum absolute atomic E-state index is 12.4. The third-order valence-electron chi connectivity index (χ3n) is 3.29. The summed E-state index contributed by atoms with van der Waals surface area (Å²) in [7, 11) is -3.74. The van der Waals surface area contributed by atoms with Gasteiger partial charge in [0, 0.05) is 18.3 Å². The minimum atomic E-state index is -4.49. The van der Waals surface area contributed by atoms with E-state index in [1.807, 2.05) is 0 Å². The first-order valence-corrected chi connectivity index (χ1v) is 7.97. The maximum Gasteiger partial charge on any atom is 0.417 e. The number of pyridine rings is 1. The van der Waals surface area contributed by atoms with Crippen molar-refractivity contribution in [3.63, 3.8) is 0 Å². The van der Waals surface area contributed by atoms with Crippen LogP contribution in [0.1, 0.15) is 19.4 Å². The predicted octanol–water partition coefficient (Wildman–Crippen LogP) is 0.600. The lowest BCUT2D eigenvalue weighted by Crippen LogP contribution is -2.46. The molecule has 2 atom stereocenters. The van der Waals surface area contributed by atoms with Gasteiger partial charge in [0.2, 0.25) is 10.0 Å². The molecule has 22 heavy (non-hydrogen) atoms. The molecule has 0 spiro atoms. The molecule has 0 radical (unpaired) electrons. The van der Waals surface area contributed by atoms with Gasteiger partial charge in [0.15, 0.2) is 0 Å². The zero-order valence-corrected chi connectivity index (χ0v) is 12.6. The van der Waals surface area contributed by atoms with Gasteiger partial charge >= 0.3 is 6.18 Å². The summed E-state index contributed by atoms with van der Waals surface area (Å²) in [6, 6.07) is 1.21. The van der Waals surface area contributed by atoms with E-state index in [1.165, 1.54) is 0 Å². The molecule has 1 aromatic heterocycles. The highest BCUT2D eigenvalue weighted by Crippen LogP contribution is 2.28. The molecule has 1 aromatic rings. The SMILES string of the molecule is CC1NNC(C)C1S(=O)(=O)NNc1ccc(C(F)(F)F)cn1. The zero-order valence-electron chi connectivity index (χ0n) is 11.8. The van der Waals surface area contributed by atoms with E-state index in [0.717, 1.165) is 12.1 Å². The molecule has 0 aromatic carbocycles. The zero-order chi connectivity index (χ0) is 16.5. The molecule has 0 amide bonds. The molecule has 0 saturated carbocycles. The van der Waals surface area contributed by atoms with E-state index in [1.54, 1.807) is 13.8 Å². The molecule has 4 N–H and O–H groups in total. The highest BCUT2D eigenvalue weighted by atomic mass is 32.2. The van der Waals surface area contributed by atoms with Crippen molar-refractivity contribution in [2.75, 3.05) is 5.43 Å². The second kappa shape index (κ2) is 5.99. The van der Waals surface area contributed by atoms with Crippen LogP contribution in [0.5, 0.6) is 0 Å². The van der Waals surface area contributed by atoms with Gasteiger partial charge in [0.25, 0.3) is 0 Å². The molecule has 2 unspecified atom stereocenters. The first-order chi connectivity index (χ1) is 10.1. The Hall–Kier alpha value is -1.43. The average molecular weight is 339 g/mol. The topological polar surface area (TPSA) is 95.1 Å². The summed E-state index contributed by atoms with van der Waals surface area (Å²) in [5, 5.41) is -0.741. The van der Waals surface area contributed by atoms with Crippen LogP contribution in [0.4, 0.5) is 19.0 Å². The summed E-state index contributed by atoms with van der Waals surface area (Å²) in [4.78, 5) is 5.66. The lowest BCUT2D eigenvalue weighted by atomic mass is 10.2. The summed E-state index contributed by atoms with van der Waals surface area (Å²) < 4.78 is 61.6. The summed E-state index contributed by atoms with van der Waals surface area (Å²) in [5.74, 6) is -0.0317. The molecule has 7 nitrogen and oxygen atoms in total. The van der Waals surface area contributed by atoms with Crippen LogP contribution in [-0.4, -0.2) is 30.7 Å². The second-order valence-electron chi connectivity index (χ2n) is 5.03. The molecule has 2 rings (SSSR count). The number of aromatic nitrogens is 1. The van der Waals surface area contributed by atoms with E-state index in [2.05, 4.69) is 26.1 Å². The molecule has 1 aliphatic rings. The third-order valence-corrected chi connectivity index (χ3v) is 5.21. The molecule has 2 heterocycles. The van der Waals surface area contributed by atoms with E-state index in [-0.39, 0.29) is 17.9 Å². The van der Waals surface area contributed by atoms with E-state index in [4.69, 9.17) is 0 Å². The van der Waals surface area contributed by atoms with Crippen LogP contribution < -0.4 is 21.1 Å². The van der Waals surface area contributed by atoms with Crippen molar-refractivity contribution in [1.29, 1.82) is 0 Å². The van der Waals surface area contributed by atoms with Crippen LogP contribution in [0, 0.1) is 0 Å². The molecule has 11 heteroatoms. The Morgan fingerprint density at radius 1 is 1.18 bits per heavy atom. The van der Waals surface area contributed by atoms with Gasteiger partial charge in [-0.05, 0) is 26.0 Å². The summed E-state index contributed by atoms with van der Waals surface area (Å²) in [6.45, 7) is 3.41. The number of rotatable bonds is 4. The number of nitrogens with one attached hydrogen (secondary N) is 4. The van der Waals surface area contributed by atoms with Gasteiger partial charge in [-0.1, -0.05) is 0 Å². The number of hydrazine groups is 2. The highest BCUT2D eigenvalue weighted by Gasteiger charge is 2.40. The van der Waals surface area contributed by atoms with Gasteiger partial charge < -0.3 is 0 Å². The minimum absolute atomic E-state index is 0.0317. The number of sulfonamides is 1. The molecule has 1 saturated heterocycles. The highest BCUT2D eigenvalue weighted by molar-refractivity contribution is 7.90. The summed E-state index contributed by atoms with van der Waals surface area (Å²) >= 11 is 0. The first kappa shape index (κ1) is 16.9. The number of hydrogen-bond acceptors (Lipinski definition) is 6. The Kier molecular flexibility index (Phi) is 4.61. The van der Waals surface area contributed by atoms with E-state index >= 15 is 0 Å². The first-order valence-electron chi connectivity index (χ1n) is 6.42. The Morgan fingerprint density at radius 3 is 2.23 bits per heavy atom. The number of alkyl halides is 3. The fourth-order valence-electron chi connectivity index (χ4n) is 2.22. The molecule has 1 aliphatic heterocycles. The molecular formula is C11H16F3N5O2S. The average Bonchev–Trinajstić information content (AvgIpc) is 2.76. The normalized spacial score (nSPS) is 26.1. The number of hydrogen-bond donors (Lipinski definition) is 4. The van der Waals surface area contributed by atoms with Crippen LogP contribution in [0.15, 0.2) is 18.3 Å². The lowest BCUT2D eigenvalue weighted by Gasteiger charge is -2.19. The lowest BCUT2D eigenvalue weighted by molar-refractivity contribution is -0.137. The monoisotopic (exact) mass is 339 g/mol. The van der Waals surface area contributed by atoms with Crippen molar-refractivity contribution in [2.24, 2.45) is 0 Å². The quantitative estimate of drug-likeness (QED) is 0.600. The van der Waals surface area contributed by atoms with Gasteiger partial charge in [-0.3, -0.25) is 16.3 Å². The standard InChI is InChI=1S/C11H16F3N5O2S/c1-6-10(7(2)17-16-6)22(20,21)19-18-9-4-3-8(5-15-9)11(12,13)14/h3-7,10,16-17,19H,1-2H3,(H,15,18). The van der Waals surface area contributed by atoms with Crippen molar-refractivity contribution in [3.05, 3.63) is 23.9 Å². The van der Waals surface area contributed by atoms with Gasteiger partial charge in [-0.15, -0.1) is 4.83 Å². The van der Waals surface area contributed by atoms with Crippen LogP contribution in [0.25, 0.3) is 0 Å². The predicted molar refractivity (Wildman–Crippen MR) is 73.9 cm³/mol. The summed E-state index contributed by atoms with van der Waals surface area (Å²) in [6.07, 6.45) is -3.86. The Labute approximate surface area is 125 Å². The van der Waals surface area contributed by atoms with Crippen molar-refractivity contribution >= 4 is 15.8 Å². The van der Waals surface area contributed by atoms with Crippen molar-refractivity contribution in [3.8, 4) is 0 Å². The van der Waals surface area contributed by atoms with E-state index in [0.29, 0.717) is 6.20 Å². The van der Waals surface area contributed by atoms with Gasteiger partial charge in [0.05, 0.1) is 5.56 Å². The molecule has 1 fully saturated rings. The molecular weight excluding hydrogens is 323 g/mol. The third kappa shape index (κ3) is 3.66.